The fraction of sp³-hybridized carbons (Fsp3) is 0.556. The molecule has 1 aromatic carbocycles. The summed E-state index contributed by atoms with van der Waals surface area (Å²) in [6.07, 6.45) is -3.95. The maximum absolute atomic E-state index is 12.4. The average Bonchev–Trinajstić information content (AvgIpc) is 2.57. The molecule has 9 heteroatoms. The number of rotatable bonds is 5. The number of hydrogen-bond donors (Lipinski definition) is 2. The number of carbonyl (C=O) groups is 2. The Hall–Kier alpha value is -2.45. The van der Waals surface area contributed by atoms with E-state index < -0.39 is 30.7 Å². The Morgan fingerprint density at radius 2 is 2.04 bits per heavy atom. The van der Waals surface area contributed by atoms with Crippen molar-refractivity contribution in [2.75, 3.05) is 19.7 Å². The van der Waals surface area contributed by atoms with Crippen LogP contribution in [0.1, 0.15) is 24.5 Å². The monoisotopic (exact) mass is 388 g/mol. The highest BCUT2D eigenvalue weighted by Gasteiger charge is 2.32. The Bertz CT molecular complexity index is 694. The highest BCUT2D eigenvalue weighted by molar-refractivity contribution is 5.76. The molecule has 150 valence electrons. The van der Waals surface area contributed by atoms with Crippen LogP contribution in [0.4, 0.5) is 18.0 Å². The van der Waals surface area contributed by atoms with Crippen LogP contribution in [0.25, 0.3) is 0 Å². The number of hydrogen-bond acceptors (Lipinski definition) is 3. The molecule has 1 aromatic rings. The van der Waals surface area contributed by atoms with Gasteiger partial charge < -0.3 is 20.1 Å². The lowest BCUT2D eigenvalue weighted by Gasteiger charge is -2.34. The van der Waals surface area contributed by atoms with Gasteiger partial charge in [0.05, 0.1) is 5.92 Å². The number of alkyl halides is 3. The molecule has 1 aliphatic rings. The molecule has 0 aliphatic carbocycles. The van der Waals surface area contributed by atoms with Gasteiger partial charge in [0.1, 0.15) is 5.75 Å². The molecule has 6 nitrogen and oxygen atoms in total. The van der Waals surface area contributed by atoms with Gasteiger partial charge in [-0.3, -0.25) is 4.79 Å². The molecule has 2 N–H and O–H groups in total. The zero-order valence-corrected chi connectivity index (χ0v) is 15.2. The summed E-state index contributed by atoms with van der Waals surface area (Å²) in [7, 11) is 0. The number of amides is 2. The van der Waals surface area contributed by atoms with Gasteiger partial charge in [-0.1, -0.05) is 19.1 Å². The van der Waals surface area contributed by atoms with Crippen molar-refractivity contribution >= 4 is 12.0 Å². The molecule has 2 atom stereocenters. The van der Waals surface area contributed by atoms with Crippen molar-refractivity contribution in [1.29, 1.82) is 0 Å². The summed E-state index contributed by atoms with van der Waals surface area (Å²) in [4.78, 5) is 25.0. The molecule has 2 amide bonds. The normalized spacial score (nSPS) is 20.3. The lowest BCUT2D eigenvalue weighted by atomic mass is 9.91. The van der Waals surface area contributed by atoms with E-state index in [0.29, 0.717) is 18.5 Å². The summed E-state index contributed by atoms with van der Waals surface area (Å²) in [6.45, 7) is 2.70. The van der Waals surface area contributed by atoms with Crippen LogP contribution in [0.15, 0.2) is 18.2 Å². The van der Waals surface area contributed by atoms with E-state index in [9.17, 15) is 27.9 Å². The van der Waals surface area contributed by atoms with Crippen LogP contribution in [-0.4, -0.2) is 47.9 Å². The highest BCUT2D eigenvalue weighted by atomic mass is 19.4. The van der Waals surface area contributed by atoms with Crippen molar-refractivity contribution in [2.45, 2.75) is 33.0 Å². The Morgan fingerprint density at radius 1 is 1.33 bits per heavy atom. The van der Waals surface area contributed by atoms with Crippen LogP contribution in [0.3, 0.4) is 0 Å². The summed E-state index contributed by atoms with van der Waals surface area (Å²) >= 11 is 0. The van der Waals surface area contributed by atoms with Crippen molar-refractivity contribution in [3.05, 3.63) is 29.3 Å². The number of nitrogens with zero attached hydrogens (tertiary/aromatic N) is 1. The molecule has 1 heterocycles. The number of carboxylic acid groups (broad SMARTS) is 1. The average molecular weight is 388 g/mol. The molecule has 0 saturated carbocycles. The van der Waals surface area contributed by atoms with Crippen LogP contribution < -0.4 is 10.1 Å². The molecule has 27 heavy (non-hydrogen) atoms. The van der Waals surface area contributed by atoms with Crippen LogP contribution in [-0.2, 0) is 11.3 Å². The predicted octanol–water partition coefficient (Wildman–Crippen LogP) is 3.19. The second-order valence-corrected chi connectivity index (χ2v) is 6.95. The van der Waals surface area contributed by atoms with E-state index in [-0.39, 0.29) is 24.8 Å². The van der Waals surface area contributed by atoms with Crippen LogP contribution in [0.5, 0.6) is 5.75 Å². The molecule has 0 bridgehead atoms. The molecule has 2 rings (SSSR count). The minimum atomic E-state index is -4.46. The van der Waals surface area contributed by atoms with E-state index in [1.807, 2.05) is 6.92 Å². The van der Waals surface area contributed by atoms with E-state index >= 15 is 0 Å². The number of aliphatic carboxylic acids is 1. The van der Waals surface area contributed by atoms with E-state index in [1.165, 1.54) is 11.0 Å². The fourth-order valence-corrected chi connectivity index (χ4v) is 3.08. The number of ether oxygens (including phenoxy) is 1. The van der Waals surface area contributed by atoms with Gasteiger partial charge in [-0.25, -0.2) is 4.79 Å². The first-order valence-electron chi connectivity index (χ1n) is 8.60. The molecule has 1 fully saturated rings. The summed E-state index contributed by atoms with van der Waals surface area (Å²) in [5.41, 5.74) is 1.15. The molecule has 2 unspecified atom stereocenters. The summed E-state index contributed by atoms with van der Waals surface area (Å²) < 4.78 is 42.1. The number of piperidine rings is 1. The van der Waals surface area contributed by atoms with Crippen molar-refractivity contribution in [1.82, 2.24) is 10.2 Å². The standard InChI is InChI=1S/C18H23F3N2O4/c1-11-3-4-13(15(6-11)27-10-18(19,20)21)7-22-17(26)23-8-12(2)5-14(9-23)16(24)25/h3-4,6,12,14H,5,7-10H2,1-2H3,(H,22,26)(H,24,25). The molecule has 0 spiro atoms. The third-order valence-electron chi connectivity index (χ3n) is 4.34. The summed E-state index contributed by atoms with van der Waals surface area (Å²) in [5.74, 6) is -1.45. The van der Waals surface area contributed by atoms with Gasteiger partial charge in [-0.05, 0) is 30.9 Å². The number of benzene rings is 1. The maximum Gasteiger partial charge on any atom is 0.422 e. The van der Waals surface area contributed by atoms with Crippen LogP contribution in [0.2, 0.25) is 0 Å². The first kappa shape index (κ1) is 20.9. The topological polar surface area (TPSA) is 78.9 Å². The number of carboxylic acids is 1. The third kappa shape index (κ3) is 6.33. The minimum absolute atomic E-state index is 0.0189. The van der Waals surface area contributed by atoms with E-state index in [2.05, 4.69) is 5.32 Å². The Kier molecular flexibility index (Phi) is 6.56. The molecular weight excluding hydrogens is 365 g/mol. The van der Waals surface area contributed by atoms with Gasteiger partial charge in [-0.15, -0.1) is 0 Å². The van der Waals surface area contributed by atoms with Crippen molar-refractivity contribution in [2.24, 2.45) is 11.8 Å². The van der Waals surface area contributed by atoms with Gasteiger partial charge in [0.25, 0.3) is 0 Å². The second-order valence-electron chi connectivity index (χ2n) is 6.95. The zero-order chi connectivity index (χ0) is 20.2. The Balaban J connectivity index is 2.01. The number of carbonyl (C=O) groups excluding carboxylic acids is 1. The van der Waals surface area contributed by atoms with Gasteiger partial charge in [-0.2, -0.15) is 13.2 Å². The summed E-state index contributed by atoms with van der Waals surface area (Å²) in [5, 5.41) is 11.8. The van der Waals surface area contributed by atoms with Gasteiger partial charge in [0.2, 0.25) is 0 Å². The first-order valence-corrected chi connectivity index (χ1v) is 8.60. The van der Waals surface area contributed by atoms with Crippen molar-refractivity contribution < 1.29 is 32.6 Å². The van der Waals surface area contributed by atoms with Gasteiger partial charge in [0.15, 0.2) is 6.61 Å². The van der Waals surface area contributed by atoms with E-state index in [4.69, 9.17) is 4.74 Å². The molecule has 0 radical (unpaired) electrons. The fourth-order valence-electron chi connectivity index (χ4n) is 3.08. The van der Waals surface area contributed by atoms with Crippen molar-refractivity contribution in [3.63, 3.8) is 0 Å². The zero-order valence-electron chi connectivity index (χ0n) is 15.2. The number of nitrogens with one attached hydrogen (secondary N) is 1. The van der Waals surface area contributed by atoms with E-state index in [1.54, 1.807) is 19.1 Å². The minimum Gasteiger partial charge on any atom is -0.484 e. The molecule has 0 aromatic heterocycles. The quantitative estimate of drug-likeness (QED) is 0.812. The Morgan fingerprint density at radius 3 is 2.67 bits per heavy atom. The highest BCUT2D eigenvalue weighted by Crippen LogP contribution is 2.25. The summed E-state index contributed by atoms with van der Waals surface area (Å²) in [6, 6.07) is 4.34. The number of urea groups is 1. The molecular formula is C18H23F3N2O4. The maximum atomic E-state index is 12.4. The lowest BCUT2D eigenvalue weighted by molar-refractivity contribution is -0.153. The number of likely N-dealkylation sites (tertiary alicyclic amines) is 1. The van der Waals surface area contributed by atoms with E-state index in [0.717, 1.165) is 5.56 Å². The first-order chi connectivity index (χ1) is 12.5. The SMILES string of the molecule is Cc1ccc(CNC(=O)N2CC(C)CC(C(=O)O)C2)c(OCC(F)(F)F)c1. The van der Waals surface area contributed by atoms with Crippen LogP contribution in [0, 0.1) is 18.8 Å². The number of aryl methyl sites for hydroxylation is 1. The smallest absolute Gasteiger partial charge is 0.422 e. The van der Waals surface area contributed by atoms with Gasteiger partial charge in [0, 0.05) is 25.2 Å². The third-order valence-corrected chi connectivity index (χ3v) is 4.34. The van der Waals surface area contributed by atoms with Crippen molar-refractivity contribution in [3.8, 4) is 5.75 Å². The molecule has 1 saturated heterocycles. The largest absolute Gasteiger partial charge is 0.484 e. The lowest BCUT2D eigenvalue weighted by Crippen LogP contribution is -2.49. The Labute approximate surface area is 155 Å². The second kappa shape index (κ2) is 8.49. The van der Waals surface area contributed by atoms with Crippen LogP contribution >= 0.6 is 0 Å². The predicted molar refractivity (Wildman–Crippen MR) is 91.4 cm³/mol. The molecule has 1 aliphatic heterocycles. The van der Waals surface area contributed by atoms with Gasteiger partial charge >= 0.3 is 18.2 Å². The number of halogens is 3.